The summed E-state index contributed by atoms with van der Waals surface area (Å²) in [5, 5.41) is 14.2. The number of hydrogen-bond donors (Lipinski definition) is 1. The molecule has 1 N–H and O–H groups in total. The Morgan fingerprint density at radius 3 is 2.53 bits per heavy atom. The van der Waals surface area contributed by atoms with Gasteiger partial charge in [-0.3, -0.25) is 10.1 Å². The predicted molar refractivity (Wildman–Crippen MR) is 77.4 cm³/mol. The number of aryl methyl sites for hydroxylation is 2. The summed E-state index contributed by atoms with van der Waals surface area (Å²) >= 11 is 1.78. The van der Waals surface area contributed by atoms with Crippen LogP contribution in [-0.4, -0.2) is 4.92 Å². The second kappa shape index (κ2) is 5.95. The molecule has 0 unspecified atom stereocenters. The highest BCUT2D eigenvalue weighted by Gasteiger charge is 2.11. The number of nitro benzene ring substituents is 1. The first-order valence-corrected chi connectivity index (χ1v) is 6.88. The van der Waals surface area contributed by atoms with Crippen LogP contribution in [0.5, 0.6) is 0 Å². The van der Waals surface area contributed by atoms with E-state index in [9.17, 15) is 10.1 Å². The maximum Gasteiger partial charge on any atom is 0.273 e. The smallest absolute Gasteiger partial charge is 0.273 e. The van der Waals surface area contributed by atoms with Gasteiger partial charge in [0, 0.05) is 34.5 Å². The molecular formula is C14H16N2O2S. The van der Waals surface area contributed by atoms with Crippen LogP contribution in [0.3, 0.4) is 0 Å². The minimum absolute atomic E-state index is 0.174. The first kappa shape index (κ1) is 13.7. The molecule has 0 saturated heterocycles. The van der Waals surface area contributed by atoms with Crippen LogP contribution in [0.4, 0.5) is 5.69 Å². The summed E-state index contributed by atoms with van der Waals surface area (Å²) < 4.78 is 0. The summed E-state index contributed by atoms with van der Waals surface area (Å²) in [6.07, 6.45) is 0. The van der Waals surface area contributed by atoms with E-state index in [1.54, 1.807) is 23.5 Å². The third-order valence-electron chi connectivity index (χ3n) is 2.96. The lowest BCUT2D eigenvalue weighted by molar-refractivity contribution is -0.385. The largest absolute Gasteiger partial charge is 0.308 e. The van der Waals surface area contributed by atoms with Gasteiger partial charge in [0.1, 0.15) is 0 Å². The van der Waals surface area contributed by atoms with Gasteiger partial charge in [0.05, 0.1) is 4.92 Å². The summed E-state index contributed by atoms with van der Waals surface area (Å²) in [4.78, 5) is 13.1. The van der Waals surface area contributed by atoms with Crippen molar-refractivity contribution in [3.8, 4) is 0 Å². The average molecular weight is 276 g/mol. The maximum atomic E-state index is 10.9. The molecule has 100 valence electrons. The number of benzene rings is 1. The van der Waals surface area contributed by atoms with Gasteiger partial charge in [-0.15, -0.1) is 11.3 Å². The molecule has 2 aromatic rings. The number of hydrogen-bond acceptors (Lipinski definition) is 4. The fraction of sp³-hybridized carbons (Fsp3) is 0.286. The molecule has 1 aromatic carbocycles. The van der Waals surface area contributed by atoms with Crippen LogP contribution in [0, 0.1) is 24.0 Å². The number of nitrogens with zero attached hydrogens (tertiary/aromatic N) is 1. The van der Waals surface area contributed by atoms with Crippen molar-refractivity contribution >= 4 is 17.0 Å². The van der Waals surface area contributed by atoms with Crippen LogP contribution in [0.25, 0.3) is 0 Å². The van der Waals surface area contributed by atoms with Crippen LogP contribution >= 0.6 is 11.3 Å². The van der Waals surface area contributed by atoms with Crippen molar-refractivity contribution in [2.75, 3.05) is 0 Å². The van der Waals surface area contributed by atoms with E-state index in [0.29, 0.717) is 6.54 Å². The van der Waals surface area contributed by atoms with E-state index >= 15 is 0 Å². The van der Waals surface area contributed by atoms with E-state index in [-0.39, 0.29) is 10.6 Å². The van der Waals surface area contributed by atoms with Crippen LogP contribution in [0.1, 0.15) is 20.9 Å². The van der Waals surface area contributed by atoms with Crippen LogP contribution < -0.4 is 5.32 Å². The Morgan fingerprint density at radius 2 is 1.89 bits per heavy atom. The van der Waals surface area contributed by atoms with E-state index in [1.807, 2.05) is 6.07 Å². The lowest BCUT2D eigenvalue weighted by atomic mass is 10.1. The molecule has 0 spiro atoms. The van der Waals surface area contributed by atoms with Crippen molar-refractivity contribution in [2.45, 2.75) is 26.9 Å². The van der Waals surface area contributed by atoms with Gasteiger partial charge < -0.3 is 5.32 Å². The highest BCUT2D eigenvalue weighted by molar-refractivity contribution is 7.12. The minimum Gasteiger partial charge on any atom is -0.308 e. The average Bonchev–Trinajstić information content (AvgIpc) is 2.68. The van der Waals surface area contributed by atoms with E-state index in [2.05, 4.69) is 25.2 Å². The van der Waals surface area contributed by atoms with Gasteiger partial charge in [0.15, 0.2) is 0 Å². The lowest BCUT2D eigenvalue weighted by Gasteiger charge is -2.05. The zero-order chi connectivity index (χ0) is 13.8. The van der Waals surface area contributed by atoms with Crippen LogP contribution in [0.2, 0.25) is 0 Å². The molecular weight excluding hydrogens is 260 g/mol. The predicted octanol–water partition coefficient (Wildman–Crippen LogP) is 3.56. The second-order valence-corrected chi connectivity index (χ2v) is 5.89. The summed E-state index contributed by atoms with van der Waals surface area (Å²) in [6.45, 7) is 5.43. The van der Waals surface area contributed by atoms with Gasteiger partial charge in [0.2, 0.25) is 0 Å². The molecule has 5 heteroatoms. The summed E-state index contributed by atoms with van der Waals surface area (Å²) in [5.74, 6) is 0. The SMILES string of the molecule is Cc1cc(CNCc2ccccc2[N+](=O)[O-])c(C)s1. The Balaban J connectivity index is 2.00. The second-order valence-electron chi connectivity index (χ2n) is 4.43. The maximum absolute atomic E-state index is 10.9. The Kier molecular flexibility index (Phi) is 4.29. The monoisotopic (exact) mass is 276 g/mol. The Bertz CT molecular complexity index is 593. The standard InChI is InChI=1S/C14H16N2O2S/c1-10-7-13(11(2)19-10)9-15-8-12-5-3-4-6-14(12)16(17)18/h3-7,15H,8-9H2,1-2H3. The highest BCUT2D eigenvalue weighted by Crippen LogP contribution is 2.21. The molecule has 0 radical (unpaired) electrons. The van der Waals surface area contributed by atoms with Crippen molar-refractivity contribution in [1.29, 1.82) is 0 Å². The van der Waals surface area contributed by atoms with E-state index in [4.69, 9.17) is 0 Å². The van der Waals surface area contributed by atoms with Crippen LogP contribution in [0.15, 0.2) is 30.3 Å². The molecule has 4 nitrogen and oxygen atoms in total. The van der Waals surface area contributed by atoms with Crippen molar-refractivity contribution < 1.29 is 4.92 Å². The summed E-state index contributed by atoms with van der Waals surface area (Å²) in [7, 11) is 0. The Labute approximate surface area is 116 Å². The highest BCUT2D eigenvalue weighted by atomic mass is 32.1. The number of nitro groups is 1. The van der Waals surface area contributed by atoms with Crippen molar-refractivity contribution in [1.82, 2.24) is 5.32 Å². The normalized spacial score (nSPS) is 10.6. The first-order chi connectivity index (χ1) is 9.08. The van der Waals surface area contributed by atoms with E-state index in [0.717, 1.165) is 12.1 Å². The van der Waals surface area contributed by atoms with E-state index in [1.165, 1.54) is 21.4 Å². The summed E-state index contributed by atoms with van der Waals surface area (Å²) in [5.41, 5.74) is 2.16. The fourth-order valence-corrected chi connectivity index (χ4v) is 2.98. The number of rotatable bonds is 5. The molecule has 0 aliphatic carbocycles. The zero-order valence-corrected chi connectivity index (χ0v) is 11.8. The lowest BCUT2D eigenvalue weighted by Crippen LogP contribution is -2.13. The summed E-state index contributed by atoms with van der Waals surface area (Å²) in [6, 6.07) is 9.00. The van der Waals surface area contributed by atoms with Crippen molar-refractivity contribution in [2.24, 2.45) is 0 Å². The van der Waals surface area contributed by atoms with Gasteiger partial charge in [-0.1, -0.05) is 18.2 Å². The van der Waals surface area contributed by atoms with Gasteiger partial charge >= 0.3 is 0 Å². The molecule has 1 aromatic heterocycles. The van der Waals surface area contributed by atoms with Crippen molar-refractivity contribution in [3.05, 3.63) is 61.3 Å². The molecule has 0 amide bonds. The van der Waals surface area contributed by atoms with Gasteiger partial charge in [0.25, 0.3) is 5.69 Å². The van der Waals surface area contributed by atoms with Gasteiger partial charge in [-0.25, -0.2) is 0 Å². The first-order valence-electron chi connectivity index (χ1n) is 6.07. The number of para-hydroxylation sites is 1. The van der Waals surface area contributed by atoms with Gasteiger partial charge in [-0.2, -0.15) is 0 Å². The molecule has 0 saturated carbocycles. The molecule has 19 heavy (non-hydrogen) atoms. The Hall–Kier alpha value is -1.72. The zero-order valence-electron chi connectivity index (χ0n) is 11.0. The van der Waals surface area contributed by atoms with Gasteiger partial charge in [-0.05, 0) is 25.5 Å². The fourth-order valence-electron chi connectivity index (χ4n) is 2.03. The molecule has 0 aliphatic heterocycles. The molecule has 0 atom stereocenters. The molecule has 0 aliphatic rings. The molecule has 0 fully saturated rings. The molecule has 1 heterocycles. The topological polar surface area (TPSA) is 55.2 Å². The van der Waals surface area contributed by atoms with E-state index < -0.39 is 0 Å². The third-order valence-corrected chi connectivity index (χ3v) is 3.97. The van der Waals surface area contributed by atoms with Crippen LogP contribution in [-0.2, 0) is 13.1 Å². The molecule has 2 rings (SSSR count). The molecule has 0 bridgehead atoms. The third kappa shape index (κ3) is 3.39. The number of nitrogens with one attached hydrogen (secondary N) is 1. The number of thiophene rings is 1. The minimum atomic E-state index is -0.336. The van der Waals surface area contributed by atoms with Crippen molar-refractivity contribution in [3.63, 3.8) is 0 Å². The quantitative estimate of drug-likeness (QED) is 0.671. The Morgan fingerprint density at radius 1 is 1.21 bits per heavy atom.